The van der Waals surface area contributed by atoms with Gasteiger partial charge in [0.1, 0.15) is 23.3 Å². The molecule has 0 amide bonds. The van der Waals surface area contributed by atoms with Crippen LogP contribution in [-0.2, 0) is 0 Å². The summed E-state index contributed by atoms with van der Waals surface area (Å²) in [4.78, 5) is 27.1. The number of nitrogens with two attached hydrogens (primary N) is 1. The smallest absolute Gasteiger partial charge is 0.266 e. The molecule has 0 aliphatic rings. The van der Waals surface area contributed by atoms with Gasteiger partial charge in [0.15, 0.2) is 0 Å². The molecule has 2 aromatic heterocycles. The molecule has 5 rings (SSSR count). The highest BCUT2D eigenvalue weighted by Crippen LogP contribution is 2.29. The summed E-state index contributed by atoms with van der Waals surface area (Å²) in [5, 5.41) is 22.5. The van der Waals surface area contributed by atoms with Crippen LogP contribution in [-0.4, -0.2) is 19.5 Å². The van der Waals surface area contributed by atoms with Crippen LogP contribution in [0.5, 0.6) is 0 Å². The second-order valence-electron chi connectivity index (χ2n) is 8.31. The molecule has 0 radical (unpaired) electrons. The Bertz CT molecular complexity index is 1780. The summed E-state index contributed by atoms with van der Waals surface area (Å²) in [5.74, 6) is 0.691. The SMILES string of the molecule is CC(Nc1nc(N)ncc1C#N)c1nc2cccc(-c3cccc(C#N)c3)c2c(=O)n1-c1ccccc1. The monoisotopic (exact) mass is 484 g/mol. The highest BCUT2D eigenvalue weighted by Gasteiger charge is 2.21. The molecule has 0 bridgehead atoms. The van der Waals surface area contributed by atoms with Crippen molar-refractivity contribution in [2.75, 3.05) is 11.1 Å². The minimum atomic E-state index is -0.538. The zero-order chi connectivity index (χ0) is 25.9. The maximum Gasteiger partial charge on any atom is 0.266 e. The molecule has 0 saturated heterocycles. The van der Waals surface area contributed by atoms with Gasteiger partial charge < -0.3 is 11.1 Å². The first-order valence-corrected chi connectivity index (χ1v) is 11.4. The first-order valence-electron chi connectivity index (χ1n) is 11.4. The van der Waals surface area contributed by atoms with Gasteiger partial charge >= 0.3 is 0 Å². The van der Waals surface area contributed by atoms with Crippen LogP contribution in [0.4, 0.5) is 11.8 Å². The third-order valence-corrected chi connectivity index (χ3v) is 5.91. The van der Waals surface area contributed by atoms with E-state index >= 15 is 0 Å². The maximum absolute atomic E-state index is 14.2. The van der Waals surface area contributed by atoms with Crippen LogP contribution < -0.4 is 16.6 Å². The number of nitrogen functional groups attached to an aromatic ring is 1. The van der Waals surface area contributed by atoms with Gasteiger partial charge in [-0.3, -0.25) is 9.36 Å². The summed E-state index contributed by atoms with van der Waals surface area (Å²) >= 11 is 0. The Morgan fingerprint density at radius 3 is 2.51 bits per heavy atom. The van der Waals surface area contributed by atoms with E-state index in [2.05, 4.69) is 21.4 Å². The number of nitrogens with one attached hydrogen (secondary N) is 1. The van der Waals surface area contributed by atoms with Crippen LogP contribution in [0.3, 0.4) is 0 Å². The van der Waals surface area contributed by atoms with Gasteiger partial charge in [0.05, 0.1) is 40.5 Å². The van der Waals surface area contributed by atoms with Crippen molar-refractivity contribution in [1.29, 1.82) is 10.5 Å². The molecule has 0 aliphatic heterocycles. The number of nitrogens with zero attached hydrogens (tertiary/aromatic N) is 6. The number of anilines is 2. The molecule has 3 N–H and O–H groups in total. The standard InChI is InChI=1S/C28H20N8O/c1-17(33-25-20(15-30)16-32-28(31)35-25)26-34-23-12-6-11-22(19-8-5-7-18(13-19)14-29)24(23)27(37)36(26)21-9-3-2-4-10-21/h2-13,16-17H,1H3,(H3,31,32,33,35). The van der Waals surface area contributed by atoms with E-state index in [1.54, 1.807) is 28.8 Å². The van der Waals surface area contributed by atoms with E-state index < -0.39 is 6.04 Å². The molecule has 0 aliphatic carbocycles. The molecular weight excluding hydrogens is 464 g/mol. The van der Waals surface area contributed by atoms with Gasteiger partial charge in [0.25, 0.3) is 5.56 Å². The fourth-order valence-corrected chi connectivity index (χ4v) is 4.22. The van der Waals surface area contributed by atoms with Crippen LogP contribution in [0.2, 0.25) is 0 Å². The van der Waals surface area contributed by atoms with Crippen molar-refractivity contribution < 1.29 is 0 Å². The molecule has 9 heteroatoms. The molecule has 5 aromatic rings. The average molecular weight is 485 g/mol. The van der Waals surface area contributed by atoms with Crippen LogP contribution in [0.25, 0.3) is 27.7 Å². The second kappa shape index (κ2) is 9.61. The Morgan fingerprint density at radius 2 is 1.76 bits per heavy atom. The van der Waals surface area contributed by atoms with Gasteiger partial charge in [-0.05, 0) is 48.4 Å². The van der Waals surface area contributed by atoms with E-state index in [9.17, 15) is 15.3 Å². The third-order valence-electron chi connectivity index (χ3n) is 5.91. The second-order valence-corrected chi connectivity index (χ2v) is 8.31. The quantitative estimate of drug-likeness (QED) is 0.374. The number of hydrogen-bond donors (Lipinski definition) is 2. The van der Waals surface area contributed by atoms with E-state index in [4.69, 9.17) is 10.7 Å². The van der Waals surface area contributed by atoms with Crippen molar-refractivity contribution >= 4 is 22.7 Å². The Kier molecular flexibility index (Phi) is 6.03. The van der Waals surface area contributed by atoms with Gasteiger partial charge in [0, 0.05) is 0 Å². The summed E-state index contributed by atoms with van der Waals surface area (Å²) in [6.07, 6.45) is 1.34. The van der Waals surface area contributed by atoms with Gasteiger partial charge in [-0.1, -0.05) is 42.5 Å². The number of nitriles is 2. The van der Waals surface area contributed by atoms with Crippen molar-refractivity contribution in [3.8, 4) is 29.0 Å². The summed E-state index contributed by atoms with van der Waals surface area (Å²) in [5.41, 5.74) is 8.76. The highest BCUT2D eigenvalue weighted by molar-refractivity contribution is 5.94. The molecular formula is C28H20N8O. The van der Waals surface area contributed by atoms with Crippen LogP contribution in [0, 0.1) is 22.7 Å². The number of aromatic nitrogens is 4. The predicted octanol–water partition coefficient (Wildman–Crippen LogP) is 4.34. The van der Waals surface area contributed by atoms with Crippen molar-refractivity contribution in [3.63, 3.8) is 0 Å². The summed E-state index contributed by atoms with van der Waals surface area (Å²) in [6, 6.07) is 25.4. The first-order chi connectivity index (χ1) is 18.0. The Balaban J connectivity index is 1.75. The summed E-state index contributed by atoms with van der Waals surface area (Å²) < 4.78 is 1.55. The Labute approximate surface area is 212 Å². The molecule has 1 unspecified atom stereocenters. The Hall–Kier alpha value is -5.54. The molecule has 0 saturated carbocycles. The minimum absolute atomic E-state index is 0.0184. The molecule has 1 atom stereocenters. The number of fused-ring (bicyclic) bond motifs is 1. The van der Waals surface area contributed by atoms with Crippen molar-refractivity contribution in [3.05, 3.63) is 106 Å². The number of rotatable bonds is 5. The van der Waals surface area contributed by atoms with Crippen LogP contribution >= 0.6 is 0 Å². The topological polar surface area (TPSA) is 146 Å². The fourth-order valence-electron chi connectivity index (χ4n) is 4.22. The zero-order valence-electron chi connectivity index (χ0n) is 19.8. The molecule has 178 valence electrons. The minimum Gasteiger partial charge on any atom is -0.368 e. The van der Waals surface area contributed by atoms with Crippen LogP contribution in [0.1, 0.15) is 29.9 Å². The largest absolute Gasteiger partial charge is 0.368 e. The zero-order valence-corrected chi connectivity index (χ0v) is 19.8. The third kappa shape index (κ3) is 4.33. The van der Waals surface area contributed by atoms with Crippen LogP contribution in [0.15, 0.2) is 83.8 Å². The number of hydrogen-bond acceptors (Lipinski definition) is 8. The van der Waals surface area contributed by atoms with Gasteiger partial charge in [0.2, 0.25) is 5.95 Å². The van der Waals surface area contributed by atoms with Crippen molar-refractivity contribution in [2.45, 2.75) is 13.0 Å². The molecule has 3 aromatic carbocycles. The van der Waals surface area contributed by atoms with Gasteiger partial charge in [-0.25, -0.2) is 9.97 Å². The molecule has 0 fully saturated rings. The number of para-hydroxylation sites is 1. The predicted molar refractivity (Wildman–Crippen MR) is 141 cm³/mol. The molecule has 9 nitrogen and oxygen atoms in total. The average Bonchev–Trinajstić information content (AvgIpc) is 2.93. The van der Waals surface area contributed by atoms with Crippen molar-refractivity contribution in [1.82, 2.24) is 19.5 Å². The van der Waals surface area contributed by atoms with Gasteiger partial charge in [-0.15, -0.1) is 0 Å². The number of benzene rings is 3. The molecule has 2 heterocycles. The van der Waals surface area contributed by atoms with E-state index in [0.29, 0.717) is 33.5 Å². The lowest BCUT2D eigenvalue weighted by Crippen LogP contribution is -2.28. The molecule has 37 heavy (non-hydrogen) atoms. The summed E-state index contributed by atoms with van der Waals surface area (Å²) in [6.45, 7) is 1.83. The lowest BCUT2D eigenvalue weighted by atomic mass is 9.99. The van der Waals surface area contributed by atoms with E-state index in [-0.39, 0.29) is 22.9 Å². The van der Waals surface area contributed by atoms with E-state index in [0.717, 1.165) is 5.56 Å². The first kappa shape index (κ1) is 23.2. The van der Waals surface area contributed by atoms with Gasteiger partial charge in [-0.2, -0.15) is 15.5 Å². The summed E-state index contributed by atoms with van der Waals surface area (Å²) in [7, 11) is 0. The Morgan fingerprint density at radius 1 is 0.973 bits per heavy atom. The lowest BCUT2D eigenvalue weighted by molar-refractivity contribution is 0.731. The van der Waals surface area contributed by atoms with E-state index in [1.807, 2.05) is 61.5 Å². The molecule has 0 spiro atoms. The highest BCUT2D eigenvalue weighted by atomic mass is 16.1. The van der Waals surface area contributed by atoms with Crippen molar-refractivity contribution in [2.24, 2.45) is 0 Å². The van der Waals surface area contributed by atoms with E-state index in [1.165, 1.54) is 6.20 Å². The maximum atomic E-state index is 14.2. The fraction of sp³-hybridized carbons (Fsp3) is 0.0714. The normalized spacial score (nSPS) is 11.4. The lowest BCUT2D eigenvalue weighted by Gasteiger charge is -2.21.